The Bertz CT molecular complexity index is 711. The second kappa shape index (κ2) is 11.4. The molecule has 0 saturated heterocycles. The molecule has 1 aromatic rings. The van der Waals surface area contributed by atoms with Gasteiger partial charge in [0.05, 0.1) is 12.4 Å². The van der Waals surface area contributed by atoms with E-state index in [-0.39, 0.29) is 18.1 Å². The molecule has 29 heavy (non-hydrogen) atoms. The molecule has 0 saturated carbocycles. The van der Waals surface area contributed by atoms with E-state index >= 15 is 0 Å². The quantitative estimate of drug-likeness (QED) is 0.208. The van der Waals surface area contributed by atoms with Crippen molar-refractivity contribution in [3.63, 3.8) is 0 Å². The second-order valence-electron chi connectivity index (χ2n) is 6.93. The first-order chi connectivity index (χ1) is 13.6. The van der Waals surface area contributed by atoms with Crippen LogP contribution in [0.25, 0.3) is 0 Å². The smallest absolute Gasteiger partial charge is 0.326 e. The van der Waals surface area contributed by atoms with Gasteiger partial charge < -0.3 is 31.8 Å². The van der Waals surface area contributed by atoms with Crippen LogP contribution in [-0.2, 0) is 25.6 Å². The fourth-order valence-corrected chi connectivity index (χ4v) is 2.52. The number of carboxylic acids is 1. The van der Waals surface area contributed by atoms with Gasteiger partial charge in [0.2, 0.25) is 17.7 Å². The van der Waals surface area contributed by atoms with Crippen LogP contribution in [0.15, 0.2) is 12.5 Å². The summed E-state index contributed by atoms with van der Waals surface area (Å²) in [6.45, 7) is 4.76. The van der Waals surface area contributed by atoms with Gasteiger partial charge in [-0.05, 0) is 12.8 Å². The number of imidazole rings is 1. The Hall–Kier alpha value is -2.60. The fraction of sp³-hybridized carbons (Fsp3) is 0.588. The van der Waals surface area contributed by atoms with Crippen molar-refractivity contribution in [3.05, 3.63) is 18.2 Å². The number of H-pyrrole nitrogens is 1. The standard InChI is InChI=1S/C17H28N6O5S/c1-8(2)13(17(27)28)23-16(26)12(4-10-5-19-7-20-10)22-14(24)9(3)21-15(25)11(18)6-29/h5,7-9,11-13,29H,4,6,18H2,1-3H3,(H,19,20)(H,21,25)(H,22,24)(H,23,26)(H,27,28). The van der Waals surface area contributed by atoms with Gasteiger partial charge in [-0.15, -0.1) is 0 Å². The average Bonchev–Trinajstić information content (AvgIpc) is 3.16. The highest BCUT2D eigenvalue weighted by Gasteiger charge is 2.30. The summed E-state index contributed by atoms with van der Waals surface area (Å²) in [7, 11) is 0. The summed E-state index contributed by atoms with van der Waals surface area (Å²) >= 11 is 3.93. The summed E-state index contributed by atoms with van der Waals surface area (Å²) in [5.41, 5.74) is 6.13. The second-order valence-corrected chi connectivity index (χ2v) is 7.30. The number of nitrogens with one attached hydrogen (secondary N) is 4. The van der Waals surface area contributed by atoms with Gasteiger partial charge in [0, 0.05) is 24.1 Å². The Morgan fingerprint density at radius 3 is 2.28 bits per heavy atom. The number of aromatic amines is 1. The molecule has 1 aromatic heterocycles. The molecular weight excluding hydrogens is 400 g/mol. The van der Waals surface area contributed by atoms with Crippen molar-refractivity contribution in [2.45, 2.75) is 51.4 Å². The molecule has 0 bridgehead atoms. The van der Waals surface area contributed by atoms with Crippen molar-refractivity contribution >= 4 is 36.3 Å². The summed E-state index contributed by atoms with van der Waals surface area (Å²) in [5.74, 6) is -3.28. The molecule has 0 spiro atoms. The zero-order valence-corrected chi connectivity index (χ0v) is 17.4. The van der Waals surface area contributed by atoms with Gasteiger partial charge in [-0.25, -0.2) is 9.78 Å². The van der Waals surface area contributed by atoms with Crippen LogP contribution in [0.5, 0.6) is 0 Å². The lowest BCUT2D eigenvalue weighted by Gasteiger charge is -2.24. The molecule has 1 heterocycles. The predicted octanol–water partition coefficient (Wildman–Crippen LogP) is -1.58. The molecule has 4 atom stereocenters. The van der Waals surface area contributed by atoms with Crippen LogP contribution in [-0.4, -0.2) is 68.7 Å². The number of carbonyl (C=O) groups is 4. The number of carboxylic acid groups (broad SMARTS) is 1. The van der Waals surface area contributed by atoms with Crippen LogP contribution in [0.2, 0.25) is 0 Å². The van der Waals surface area contributed by atoms with Crippen molar-refractivity contribution in [1.82, 2.24) is 25.9 Å². The minimum atomic E-state index is -1.18. The highest BCUT2D eigenvalue weighted by molar-refractivity contribution is 7.80. The summed E-state index contributed by atoms with van der Waals surface area (Å²) in [5, 5.41) is 16.7. The van der Waals surface area contributed by atoms with Gasteiger partial charge in [0.1, 0.15) is 18.1 Å². The molecule has 3 amide bonds. The minimum absolute atomic E-state index is 0.0544. The Morgan fingerprint density at radius 2 is 1.79 bits per heavy atom. The Morgan fingerprint density at radius 1 is 1.14 bits per heavy atom. The number of nitrogens with two attached hydrogens (primary N) is 1. The SMILES string of the molecule is CC(NC(=O)C(N)CS)C(=O)NC(Cc1cnc[nH]1)C(=O)NC(C(=O)O)C(C)C. The summed E-state index contributed by atoms with van der Waals surface area (Å²) in [6.07, 6.45) is 2.96. The number of rotatable bonds is 11. The average molecular weight is 429 g/mol. The van der Waals surface area contributed by atoms with Gasteiger partial charge in [-0.1, -0.05) is 13.8 Å². The lowest BCUT2D eigenvalue weighted by atomic mass is 10.0. The van der Waals surface area contributed by atoms with Gasteiger partial charge in [0.25, 0.3) is 0 Å². The van der Waals surface area contributed by atoms with E-state index in [1.165, 1.54) is 19.4 Å². The number of nitrogens with zero attached hydrogens (tertiary/aromatic N) is 1. The van der Waals surface area contributed by atoms with Crippen molar-refractivity contribution in [3.8, 4) is 0 Å². The van der Waals surface area contributed by atoms with Crippen LogP contribution >= 0.6 is 12.6 Å². The first-order valence-corrected chi connectivity index (χ1v) is 9.67. The molecule has 0 fully saturated rings. The van der Waals surface area contributed by atoms with Crippen LogP contribution < -0.4 is 21.7 Å². The van der Waals surface area contributed by atoms with Crippen LogP contribution in [0.3, 0.4) is 0 Å². The number of aliphatic carboxylic acids is 1. The van der Waals surface area contributed by atoms with Gasteiger partial charge in [-0.3, -0.25) is 14.4 Å². The van der Waals surface area contributed by atoms with E-state index in [2.05, 4.69) is 38.5 Å². The zero-order valence-electron chi connectivity index (χ0n) is 16.5. The molecule has 0 aliphatic heterocycles. The van der Waals surface area contributed by atoms with E-state index in [1.807, 2.05) is 0 Å². The van der Waals surface area contributed by atoms with Crippen LogP contribution in [0.4, 0.5) is 0 Å². The summed E-state index contributed by atoms with van der Waals surface area (Å²) in [6, 6.07) is -4.04. The van der Waals surface area contributed by atoms with E-state index in [0.717, 1.165) is 0 Å². The Labute approximate surface area is 174 Å². The maximum absolute atomic E-state index is 12.7. The van der Waals surface area contributed by atoms with Gasteiger partial charge >= 0.3 is 5.97 Å². The maximum Gasteiger partial charge on any atom is 0.326 e. The fourth-order valence-electron chi connectivity index (χ4n) is 2.36. The van der Waals surface area contributed by atoms with E-state index in [1.54, 1.807) is 13.8 Å². The van der Waals surface area contributed by atoms with E-state index < -0.39 is 47.9 Å². The molecule has 0 aliphatic carbocycles. The van der Waals surface area contributed by atoms with Gasteiger partial charge in [-0.2, -0.15) is 12.6 Å². The highest BCUT2D eigenvalue weighted by Crippen LogP contribution is 2.05. The third kappa shape index (κ3) is 7.74. The van der Waals surface area contributed by atoms with E-state index in [9.17, 15) is 24.3 Å². The normalized spacial score (nSPS) is 15.1. The highest BCUT2D eigenvalue weighted by atomic mass is 32.1. The number of aromatic nitrogens is 2. The van der Waals surface area contributed by atoms with Crippen LogP contribution in [0, 0.1) is 5.92 Å². The minimum Gasteiger partial charge on any atom is -0.480 e. The lowest BCUT2D eigenvalue weighted by Crippen LogP contribution is -2.57. The molecule has 0 aromatic carbocycles. The molecule has 0 aliphatic rings. The zero-order chi connectivity index (χ0) is 22.1. The maximum atomic E-state index is 12.7. The lowest BCUT2D eigenvalue weighted by molar-refractivity contribution is -0.143. The van der Waals surface area contributed by atoms with Crippen LogP contribution in [0.1, 0.15) is 26.5 Å². The summed E-state index contributed by atoms with van der Waals surface area (Å²) in [4.78, 5) is 55.1. The first-order valence-electron chi connectivity index (χ1n) is 9.04. The molecule has 11 nitrogen and oxygen atoms in total. The number of carbonyl (C=O) groups excluding carboxylic acids is 3. The van der Waals surface area contributed by atoms with E-state index in [0.29, 0.717) is 5.69 Å². The summed E-state index contributed by atoms with van der Waals surface area (Å²) < 4.78 is 0. The molecule has 0 radical (unpaired) electrons. The van der Waals surface area contributed by atoms with Crippen molar-refractivity contribution < 1.29 is 24.3 Å². The first kappa shape index (κ1) is 24.4. The van der Waals surface area contributed by atoms with Gasteiger partial charge in [0.15, 0.2) is 0 Å². The Kier molecular flexibility index (Phi) is 9.62. The van der Waals surface area contributed by atoms with Crippen molar-refractivity contribution in [2.75, 3.05) is 5.75 Å². The Balaban J connectivity index is 2.89. The molecule has 12 heteroatoms. The molecule has 162 valence electrons. The molecule has 7 N–H and O–H groups in total. The number of thiol groups is 1. The van der Waals surface area contributed by atoms with Crippen molar-refractivity contribution in [2.24, 2.45) is 11.7 Å². The topological polar surface area (TPSA) is 179 Å². The molecule has 4 unspecified atom stereocenters. The predicted molar refractivity (Wildman–Crippen MR) is 108 cm³/mol. The third-order valence-corrected chi connectivity index (χ3v) is 4.52. The molecule has 1 rings (SSSR count). The van der Waals surface area contributed by atoms with E-state index in [4.69, 9.17) is 5.73 Å². The third-order valence-electron chi connectivity index (χ3n) is 4.13. The monoisotopic (exact) mass is 428 g/mol. The van der Waals surface area contributed by atoms with Crippen molar-refractivity contribution in [1.29, 1.82) is 0 Å². The molecular formula is C17H28N6O5S. The number of hydrogen-bond acceptors (Lipinski definition) is 7. The largest absolute Gasteiger partial charge is 0.480 e. The number of hydrogen-bond donors (Lipinski definition) is 7. The number of amides is 3.